The van der Waals surface area contributed by atoms with E-state index in [2.05, 4.69) is 25.9 Å². The van der Waals surface area contributed by atoms with E-state index >= 15 is 0 Å². The van der Waals surface area contributed by atoms with Gasteiger partial charge in [-0.3, -0.25) is 4.79 Å². The molecular formula is C9H9FN6O. The number of carbonyl (C=O) groups is 1. The van der Waals surface area contributed by atoms with E-state index in [0.717, 1.165) is 6.07 Å². The maximum absolute atomic E-state index is 13.3. The summed E-state index contributed by atoms with van der Waals surface area (Å²) >= 11 is 0. The number of nitrogen functional groups attached to an aromatic ring is 1. The second kappa shape index (κ2) is 4.56. The first kappa shape index (κ1) is 11.0. The second-order valence-corrected chi connectivity index (χ2v) is 3.25. The largest absolute Gasteiger partial charge is 0.399 e. The van der Waals surface area contributed by atoms with Crippen LogP contribution in [-0.4, -0.2) is 26.5 Å². The van der Waals surface area contributed by atoms with Crippen molar-refractivity contribution in [1.29, 1.82) is 0 Å². The molecule has 8 heteroatoms. The van der Waals surface area contributed by atoms with Crippen molar-refractivity contribution >= 4 is 11.6 Å². The first-order valence-electron chi connectivity index (χ1n) is 4.72. The molecule has 0 unspecified atom stereocenters. The highest BCUT2D eigenvalue weighted by Crippen LogP contribution is 2.11. The molecule has 0 saturated heterocycles. The summed E-state index contributed by atoms with van der Waals surface area (Å²) in [6.07, 6.45) is 0. The van der Waals surface area contributed by atoms with Crippen LogP contribution in [0.25, 0.3) is 0 Å². The molecule has 0 fully saturated rings. The fourth-order valence-corrected chi connectivity index (χ4v) is 1.23. The molecule has 0 spiro atoms. The molecule has 0 aliphatic heterocycles. The van der Waals surface area contributed by atoms with Gasteiger partial charge in [-0.1, -0.05) is 5.21 Å². The molecule has 0 saturated carbocycles. The van der Waals surface area contributed by atoms with E-state index in [1.807, 2.05) is 0 Å². The van der Waals surface area contributed by atoms with E-state index in [1.54, 1.807) is 0 Å². The summed E-state index contributed by atoms with van der Waals surface area (Å²) in [6.45, 7) is 0.0591. The van der Waals surface area contributed by atoms with E-state index < -0.39 is 11.7 Å². The fourth-order valence-electron chi connectivity index (χ4n) is 1.23. The SMILES string of the molecule is Nc1ccc(F)c(C(=O)NCc2nn[nH]n2)c1. The number of hydrogen-bond acceptors (Lipinski definition) is 5. The minimum absolute atomic E-state index is 0.0591. The van der Waals surface area contributed by atoms with E-state index in [4.69, 9.17) is 5.73 Å². The molecule has 0 aliphatic carbocycles. The van der Waals surface area contributed by atoms with Gasteiger partial charge in [0.25, 0.3) is 5.91 Å². The Bertz CT molecular complexity index is 526. The molecule has 0 atom stereocenters. The lowest BCUT2D eigenvalue weighted by molar-refractivity contribution is 0.0946. The third-order valence-corrected chi connectivity index (χ3v) is 2.03. The Hall–Kier alpha value is -2.51. The predicted octanol–water partition coefficient (Wildman–Crippen LogP) is -0.149. The van der Waals surface area contributed by atoms with Crippen LogP contribution >= 0.6 is 0 Å². The Morgan fingerprint density at radius 2 is 2.35 bits per heavy atom. The van der Waals surface area contributed by atoms with Crippen molar-refractivity contribution in [3.05, 3.63) is 35.4 Å². The number of anilines is 1. The zero-order chi connectivity index (χ0) is 12.3. The van der Waals surface area contributed by atoms with Crippen LogP contribution in [0.15, 0.2) is 18.2 Å². The number of nitrogens with two attached hydrogens (primary N) is 1. The first-order chi connectivity index (χ1) is 8.16. The number of tetrazole rings is 1. The topological polar surface area (TPSA) is 110 Å². The lowest BCUT2D eigenvalue weighted by Crippen LogP contribution is -2.24. The van der Waals surface area contributed by atoms with Crippen LogP contribution in [0.3, 0.4) is 0 Å². The molecule has 88 valence electrons. The van der Waals surface area contributed by atoms with Gasteiger partial charge in [0.05, 0.1) is 12.1 Å². The summed E-state index contributed by atoms with van der Waals surface area (Å²) in [5.74, 6) is -0.910. The molecule has 1 aromatic carbocycles. The van der Waals surface area contributed by atoms with Gasteiger partial charge in [-0.25, -0.2) is 4.39 Å². The highest BCUT2D eigenvalue weighted by Gasteiger charge is 2.12. The first-order valence-corrected chi connectivity index (χ1v) is 4.72. The third kappa shape index (κ3) is 2.54. The molecule has 0 aliphatic rings. The lowest BCUT2D eigenvalue weighted by Gasteiger charge is -2.04. The number of carbonyl (C=O) groups excluding carboxylic acids is 1. The van der Waals surface area contributed by atoms with Crippen molar-refractivity contribution in [2.75, 3.05) is 5.73 Å². The lowest BCUT2D eigenvalue weighted by atomic mass is 10.2. The fraction of sp³-hybridized carbons (Fsp3) is 0.111. The highest BCUT2D eigenvalue weighted by molar-refractivity contribution is 5.95. The Kier molecular flexibility index (Phi) is 2.95. The third-order valence-electron chi connectivity index (χ3n) is 2.03. The standard InChI is InChI=1S/C9H9FN6O/c10-7-2-1-5(11)3-6(7)9(17)12-4-8-13-15-16-14-8/h1-3H,4,11H2,(H,12,17)(H,13,14,15,16). The van der Waals surface area contributed by atoms with Gasteiger partial charge in [0.1, 0.15) is 5.82 Å². The van der Waals surface area contributed by atoms with Crippen molar-refractivity contribution in [3.63, 3.8) is 0 Å². The number of aromatic nitrogens is 4. The van der Waals surface area contributed by atoms with Crippen molar-refractivity contribution in [2.45, 2.75) is 6.54 Å². The maximum Gasteiger partial charge on any atom is 0.254 e. The van der Waals surface area contributed by atoms with E-state index in [0.29, 0.717) is 11.5 Å². The molecule has 1 amide bonds. The smallest absolute Gasteiger partial charge is 0.254 e. The van der Waals surface area contributed by atoms with Crippen LogP contribution in [0.2, 0.25) is 0 Å². The molecule has 7 nitrogen and oxygen atoms in total. The molecule has 2 aromatic rings. The molecule has 1 heterocycles. The zero-order valence-corrected chi connectivity index (χ0v) is 8.64. The number of amides is 1. The summed E-state index contributed by atoms with van der Waals surface area (Å²) in [4.78, 5) is 11.6. The average molecular weight is 236 g/mol. The summed E-state index contributed by atoms with van der Waals surface area (Å²) < 4.78 is 13.3. The van der Waals surface area contributed by atoms with Gasteiger partial charge >= 0.3 is 0 Å². The van der Waals surface area contributed by atoms with Crippen LogP contribution in [0.5, 0.6) is 0 Å². The van der Waals surface area contributed by atoms with Gasteiger partial charge in [-0.15, -0.1) is 10.2 Å². The maximum atomic E-state index is 13.3. The van der Waals surface area contributed by atoms with Gasteiger partial charge in [0.15, 0.2) is 5.82 Å². The monoisotopic (exact) mass is 236 g/mol. The Balaban J connectivity index is 2.07. The van der Waals surface area contributed by atoms with Crippen molar-refractivity contribution < 1.29 is 9.18 Å². The van der Waals surface area contributed by atoms with Crippen LogP contribution in [0.1, 0.15) is 16.2 Å². The number of nitrogens with one attached hydrogen (secondary N) is 2. The van der Waals surface area contributed by atoms with Crippen molar-refractivity contribution in [3.8, 4) is 0 Å². The molecule has 17 heavy (non-hydrogen) atoms. The Labute approximate surface area is 95.2 Å². The van der Waals surface area contributed by atoms with Gasteiger partial charge in [0.2, 0.25) is 0 Å². The van der Waals surface area contributed by atoms with Gasteiger partial charge in [0, 0.05) is 5.69 Å². The summed E-state index contributed by atoms with van der Waals surface area (Å²) in [6, 6.07) is 3.78. The van der Waals surface area contributed by atoms with Crippen LogP contribution in [0, 0.1) is 5.82 Å². The minimum atomic E-state index is -0.634. The normalized spacial score (nSPS) is 10.2. The second-order valence-electron chi connectivity index (χ2n) is 3.25. The van der Waals surface area contributed by atoms with Crippen molar-refractivity contribution in [2.24, 2.45) is 0 Å². The summed E-state index contributed by atoms with van der Waals surface area (Å²) in [5, 5.41) is 15.3. The average Bonchev–Trinajstić information content (AvgIpc) is 2.82. The number of hydrogen-bond donors (Lipinski definition) is 3. The Morgan fingerprint density at radius 3 is 3.06 bits per heavy atom. The van der Waals surface area contributed by atoms with E-state index in [-0.39, 0.29) is 12.1 Å². The van der Waals surface area contributed by atoms with Gasteiger partial charge in [-0.05, 0) is 18.2 Å². The van der Waals surface area contributed by atoms with Crippen molar-refractivity contribution in [1.82, 2.24) is 25.9 Å². The van der Waals surface area contributed by atoms with Gasteiger partial charge in [-0.2, -0.15) is 5.21 Å². The quantitative estimate of drug-likeness (QED) is 0.642. The number of rotatable bonds is 3. The number of nitrogens with zero attached hydrogens (tertiary/aromatic N) is 3. The van der Waals surface area contributed by atoms with Crippen LogP contribution < -0.4 is 11.1 Å². The molecule has 1 aromatic heterocycles. The highest BCUT2D eigenvalue weighted by atomic mass is 19.1. The molecule has 0 bridgehead atoms. The number of H-pyrrole nitrogens is 1. The van der Waals surface area contributed by atoms with E-state index in [1.165, 1.54) is 12.1 Å². The molecule has 4 N–H and O–H groups in total. The molecule has 2 rings (SSSR count). The number of aromatic amines is 1. The zero-order valence-electron chi connectivity index (χ0n) is 8.64. The molecular weight excluding hydrogens is 227 g/mol. The summed E-state index contributed by atoms with van der Waals surface area (Å²) in [5.41, 5.74) is 5.67. The molecule has 0 radical (unpaired) electrons. The van der Waals surface area contributed by atoms with Crippen LogP contribution in [0.4, 0.5) is 10.1 Å². The minimum Gasteiger partial charge on any atom is -0.399 e. The summed E-state index contributed by atoms with van der Waals surface area (Å²) in [7, 11) is 0. The van der Waals surface area contributed by atoms with E-state index in [9.17, 15) is 9.18 Å². The predicted molar refractivity (Wildman–Crippen MR) is 56.2 cm³/mol. The van der Waals surface area contributed by atoms with Gasteiger partial charge < -0.3 is 11.1 Å². The Morgan fingerprint density at radius 1 is 1.53 bits per heavy atom. The number of halogens is 1. The number of benzene rings is 1. The van der Waals surface area contributed by atoms with Crippen LogP contribution in [-0.2, 0) is 6.54 Å².